The van der Waals surface area contributed by atoms with Gasteiger partial charge in [0.05, 0.1) is 66.1 Å². The molecule has 0 spiro atoms. The quantitative estimate of drug-likeness (QED) is 0.0297. The molecule has 4 heterocycles. The van der Waals surface area contributed by atoms with Gasteiger partial charge in [0.2, 0.25) is 0 Å². The van der Waals surface area contributed by atoms with E-state index < -0.39 is 78.0 Å². The van der Waals surface area contributed by atoms with Gasteiger partial charge in [0.15, 0.2) is 0 Å². The molecule has 10 aromatic rings. The average molecular weight is 1510 g/mol. The standard InChI is InChI=1S/3C25H26O4S.C11H14O4S/c26-23-24(28-17-20-12-6-2-7-13-20)22(27-16-19-10-4-1-5-11-19)18-29-25(23)30-21-14-8-3-9-15-21;26-23-22(27-16-19-10-4-1-5-11-19)18-29-25(30-21-14-8-3-9-15-21)24(23)28-17-20-12-6-2-7-13-20;26-22-18-29-25(30-21-14-8-3-9-15-21)24(28-17-20-12-6-2-7-13-20)23(22)27-16-19-10-4-1-5-11-19;12-8-6-15-11(10(14)9(8)13)16-7-4-2-1-3-5-7/h3*1-15,22-26H,16-18H2;1-5,8-14H,6H2/t22-,23?,24-,25+;22-,23+,24?,25+;22-,23-,24?,25+;8-,9+,10?,11+/m1111/s1. The number of aliphatic hydroxyl groups excluding tert-OH is 6. The van der Waals surface area contributed by atoms with Crippen LogP contribution in [0.25, 0.3) is 0 Å². The molecular weight excluding hydrogens is 1420 g/mol. The zero-order chi connectivity index (χ0) is 73.3. The molecule has 0 bridgehead atoms. The Bertz CT molecular complexity index is 3920. The Morgan fingerprint density at radius 3 is 0.868 bits per heavy atom. The Kier molecular flexibility index (Phi) is 33.1. The van der Waals surface area contributed by atoms with Crippen LogP contribution in [-0.4, -0.2) is 152 Å². The molecule has 0 aliphatic carbocycles. The van der Waals surface area contributed by atoms with Gasteiger partial charge in [-0.15, -0.1) is 0 Å². The molecule has 14 rings (SSSR count). The molecular formula is C86H92O16S4. The first kappa shape index (κ1) is 80.0. The van der Waals surface area contributed by atoms with Crippen molar-refractivity contribution in [3.8, 4) is 0 Å². The lowest BCUT2D eigenvalue weighted by molar-refractivity contribution is -0.204. The van der Waals surface area contributed by atoms with Crippen molar-refractivity contribution >= 4 is 47.0 Å². The molecule has 0 aromatic heterocycles. The first-order chi connectivity index (χ1) is 52.1. The van der Waals surface area contributed by atoms with Crippen LogP contribution in [-0.2, 0) is 87.0 Å². The Morgan fingerprint density at radius 1 is 0.226 bits per heavy atom. The van der Waals surface area contributed by atoms with E-state index in [9.17, 15) is 30.6 Å². The maximum Gasteiger partial charge on any atom is 0.136 e. The van der Waals surface area contributed by atoms with Gasteiger partial charge in [-0.1, -0.05) is 302 Å². The maximum atomic E-state index is 11.1. The van der Waals surface area contributed by atoms with Crippen LogP contribution in [0.1, 0.15) is 33.4 Å². The minimum absolute atomic E-state index is 0.0444. The number of hydrogen-bond donors (Lipinski definition) is 6. The minimum atomic E-state index is -1.14. The van der Waals surface area contributed by atoms with Crippen molar-refractivity contribution in [1.82, 2.24) is 0 Å². The summed E-state index contributed by atoms with van der Waals surface area (Å²) in [6.07, 6.45) is -8.26. The van der Waals surface area contributed by atoms with Crippen molar-refractivity contribution in [2.24, 2.45) is 0 Å². The highest BCUT2D eigenvalue weighted by molar-refractivity contribution is 8.00. The number of ether oxygens (including phenoxy) is 10. The second kappa shape index (κ2) is 43.8. The van der Waals surface area contributed by atoms with E-state index in [2.05, 4.69) is 0 Å². The van der Waals surface area contributed by atoms with Gasteiger partial charge in [0.25, 0.3) is 0 Å². The van der Waals surface area contributed by atoms with E-state index in [-0.39, 0.29) is 30.2 Å². The molecule has 4 saturated heterocycles. The van der Waals surface area contributed by atoms with Gasteiger partial charge in [0, 0.05) is 19.6 Å². The second-order valence-corrected chi connectivity index (χ2v) is 30.0. The van der Waals surface area contributed by atoms with Crippen molar-refractivity contribution in [3.05, 3.63) is 337 Å². The van der Waals surface area contributed by atoms with Gasteiger partial charge in [0.1, 0.15) is 95.0 Å². The normalized spacial score (nSPS) is 25.6. The van der Waals surface area contributed by atoms with Crippen LogP contribution in [0, 0.1) is 0 Å². The topological polar surface area (TPSA) is 214 Å². The van der Waals surface area contributed by atoms with Gasteiger partial charge in [-0.05, 0) is 81.9 Å². The highest BCUT2D eigenvalue weighted by Gasteiger charge is 2.45. The summed E-state index contributed by atoms with van der Waals surface area (Å²) in [5.74, 6) is 0. The number of rotatable bonds is 26. The predicted molar refractivity (Wildman–Crippen MR) is 414 cm³/mol. The fraction of sp³-hybridized carbons (Fsp3) is 0.302. The summed E-state index contributed by atoms with van der Waals surface area (Å²) in [5, 5.41) is 61.3. The lowest BCUT2D eigenvalue weighted by Crippen LogP contribution is -2.54. The molecule has 0 amide bonds. The third kappa shape index (κ3) is 25.5. The van der Waals surface area contributed by atoms with E-state index in [0.29, 0.717) is 52.9 Å². The molecule has 4 fully saturated rings. The lowest BCUT2D eigenvalue weighted by atomic mass is 10.1. The summed E-state index contributed by atoms with van der Waals surface area (Å²) in [4.78, 5) is 4.17. The molecule has 16 atom stereocenters. The van der Waals surface area contributed by atoms with Crippen molar-refractivity contribution in [2.45, 2.75) is 154 Å². The zero-order valence-electron chi connectivity index (χ0n) is 58.6. The van der Waals surface area contributed by atoms with Crippen molar-refractivity contribution in [1.29, 1.82) is 0 Å². The van der Waals surface area contributed by atoms with E-state index in [1.807, 2.05) is 303 Å². The van der Waals surface area contributed by atoms with Crippen molar-refractivity contribution in [3.63, 3.8) is 0 Å². The van der Waals surface area contributed by atoms with E-state index in [0.717, 1.165) is 53.0 Å². The summed E-state index contributed by atoms with van der Waals surface area (Å²) in [6, 6.07) is 99.4. The first-order valence-electron chi connectivity index (χ1n) is 35.4. The minimum Gasteiger partial charge on any atom is -0.388 e. The van der Waals surface area contributed by atoms with Crippen LogP contribution >= 0.6 is 47.0 Å². The van der Waals surface area contributed by atoms with E-state index >= 15 is 0 Å². The monoisotopic (exact) mass is 1510 g/mol. The number of benzene rings is 10. The second-order valence-electron chi connectivity index (χ2n) is 25.3. The summed E-state index contributed by atoms with van der Waals surface area (Å²) in [5.41, 5.74) is 4.84. The van der Waals surface area contributed by atoms with Crippen LogP contribution in [0.2, 0.25) is 0 Å². The molecule has 4 aliphatic heterocycles. The van der Waals surface area contributed by atoms with Gasteiger partial charge < -0.3 is 78.0 Å². The number of aliphatic hydroxyl groups is 6. The van der Waals surface area contributed by atoms with Crippen LogP contribution in [0.15, 0.2) is 323 Å². The van der Waals surface area contributed by atoms with Crippen molar-refractivity contribution < 1.29 is 78.0 Å². The van der Waals surface area contributed by atoms with Gasteiger partial charge >= 0.3 is 0 Å². The van der Waals surface area contributed by atoms with E-state index in [4.69, 9.17) is 47.4 Å². The van der Waals surface area contributed by atoms with Gasteiger partial charge in [-0.2, -0.15) is 0 Å². The summed E-state index contributed by atoms with van der Waals surface area (Å²) >= 11 is 6.00. The molecule has 0 saturated carbocycles. The van der Waals surface area contributed by atoms with E-state index in [1.165, 1.54) is 23.5 Å². The largest absolute Gasteiger partial charge is 0.388 e. The van der Waals surface area contributed by atoms with Gasteiger partial charge in [-0.25, -0.2) is 0 Å². The molecule has 16 nitrogen and oxygen atoms in total. The first-order valence-corrected chi connectivity index (χ1v) is 38.9. The van der Waals surface area contributed by atoms with Crippen molar-refractivity contribution in [2.75, 3.05) is 26.4 Å². The highest BCUT2D eigenvalue weighted by Crippen LogP contribution is 2.38. The Balaban J connectivity index is 0.000000144. The highest BCUT2D eigenvalue weighted by atomic mass is 32.2. The molecule has 4 aliphatic rings. The third-order valence-corrected chi connectivity index (χ3v) is 22.2. The average Bonchev–Trinajstić information content (AvgIpc) is 0.824. The van der Waals surface area contributed by atoms with Gasteiger partial charge in [-0.3, -0.25) is 0 Å². The van der Waals surface area contributed by atoms with Crippen LogP contribution < -0.4 is 0 Å². The molecule has 20 heteroatoms. The Labute approximate surface area is 638 Å². The summed E-state index contributed by atoms with van der Waals surface area (Å²) < 4.78 is 60.3. The molecule has 4 unspecified atom stereocenters. The molecule has 10 aromatic carbocycles. The fourth-order valence-electron chi connectivity index (χ4n) is 11.7. The smallest absolute Gasteiger partial charge is 0.136 e. The SMILES string of the molecule is OC1[C@@H](O)[C@H](O)CO[C@H]1Sc1ccccc1.OC1[C@H](Sc2ccccc2)OC[C@@H](OCc2ccccc2)[C@H]1OCc1ccccc1.O[C@@H]1C(OCc2ccccc2)[C@H](Sc2ccccc2)OC[C@H]1OCc1ccccc1.O[C@@H]1CO[C@@H](Sc2ccccc2)C(OCc2ccccc2)[C@@H]1OCc1ccccc1. The molecule has 106 heavy (non-hydrogen) atoms. The lowest BCUT2D eigenvalue weighted by Gasteiger charge is -2.40. The third-order valence-electron chi connectivity index (χ3n) is 17.4. The zero-order valence-corrected chi connectivity index (χ0v) is 61.8. The van der Waals surface area contributed by atoms with Crippen LogP contribution in [0.4, 0.5) is 0 Å². The number of thioether (sulfide) groups is 4. The number of hydrogen-bond acceptors (Lipinski definition) is 20. The molecule has 6 N–H and O–H groups in total. The summed E-state index contributed by atoms with van der Waals surface area (Å²) in [7, 11) is 0. The maximum absolute atomic E-state index is 11.1. The summed E-state index contributed by atoms with van der Waals surface area (Å²) in [6.45, 7) is 3.49. The molecule has 556 valence electrons. The Morgan fingerprint density at radius 2 is 0.481 bits per heavy atom. The van der Waals surface area contributed by atoms with E-state index in [1.54, 1.807) is 23.5 Å². The molecule has 0 radical (unpaired) electrons. The fourth-order valence-corrected chi connectivity index (χ4v) is 15.9. The predicted octanol–water partition coefficient (Wildman–Crippen LogP) is 14.2. The van der Waals surface area contributed by atoms with Crippen LogP contribution in [0.3, 0.4) is 0 Å². The Hall–Kier alpha value is -7.04. The van der Waals surface area contributed by atoms with Crippen LogP contribution in [0.5, 0.6) is 0 Å².